The zero-order chi connectivity index (χ0) is 16.2. The lowest BCUT2D eigenvalue weighted by Gasteiger charge is -2.36. The van der Waals surface area contributed by atoms with E-state index in [-0.39, 0.29) is 5.92 Å². The standard InChI is InChI=1S/C18H18ClNO3/c19-16-8-14(9-20-10-15(11-20)18(21)22)6-7-17(16)23-12-13-4-2-1-3-5-13/h1-8,15H,9-12H2,(H,21,22). The van der Waals surface area contributed by atoms with Crippen molar-refractivity contribution in [3.8, 4) is 5.75 Å². The number of aliphatic carboxylic acids is 1. The molecule has 0 unspecified atom stereocenters. The Kier molecular flexibility index (Phi) is 4.84. The predicted molar refractivity (Wildman–Crippen MR) is 88.6 cm³/mol. The lowest BCUT2D eigenvalue weighted by Crippen LogP contribution is -2.49. The molecule has 120 valence electrons. The summed E-state index contributed by atoms with van der Waals surface area (Å²) in [5.74, 6) is -0.297. The number of rotatable bonds is 6. The number of likely N-dealkylation sites (tertiary alicyclic amines) is 1. The molecule has 3 rings (SSSR count). The molecule has 1 heterocycles. The minimum Gasteiger partial charge on any atom is -0.487 e. The van der Waals surface area contributed by atoms with Crippen LogP contribution in [0.25, 0.3) is 0 Å². The molecule has 0 spiro atoms. The van der Waals surface area contributed by atoms with Crippen molar-refractivity contribution in [3.05, 3.63) is 64.7 Å². The van der Waals surface area contributed by atoms with E-state index < -0.39 is 5.97 Å². The molecule has 0 radical (unpaired) electrons. The number of carbonyl (C=O) groups is 1. The second-order valence-electron chi connectivity index (χ2n) is 5.77. The molecule has 1 aliphatic heterocycles. The zero-order valence-corrected chi connectivity index (χ0v) is 13.4. The molecule has 4 nitrogen and oxygen atoms in total. The van der Waals surface area contributed by atoms with Crippen LogP contribution in [-0.2, 0) is 17.9 Å². The fourth-order valence-electron chi connectivity index (χ4n) is 2.61. The van der Waals surface area contributed by atoms with E-state index in [0.29, 0.717) is 37.0 Å². The lowest BCUT2D eigenvalue weighted by molar-refractivity contribution is -0.147. The third kappa shape index (κ3) is 4.03. The van der Waals surface area contributed by atoms with Crippen LogP contribution in [0.3, 0.4) is 0 Å². The average Bonchev–Trinajstić information content (AvgIpc) is 2.50. The molecule has 0 aliphatic carbocycles. The molecular formula is C18H18ClNO3. The maximum atomic E-state index is 10.8. The summed E-state index contributed by atoms with van der Waals surface area (Å²) in [5.41, 5.74) is 2.15. The molecule has 1 N–H and O–H groups in total. The first kappa shape index (κ1) is 15.8. The molecule has 2 aromatic rings. The Labute approximate surface area is 140 Å². The second-order valence-corrected chi connectivity index (χ2v) is 6.18. The third-order valence-electron chi connectivity index (χ3n) is 3.95. The Bertz CT molecular complexity index is 684. The van der Waals surface area contributed by atoms with Gasteiger partial charge in [-0.1, -0.05) is 48.0 Å². The predicted octanol–water partition coefficient (Wildman–Crippen LogP) is 3.44. The maximum Gasteiger partial charge on any atom is 0.309 e. The molecule has 1 saturated heterocycles. The van der Waals surface area contributed by atoms with Crippen molar-refractivity contribution < 1.29 is 14.6 Å². The highest BCUT2D eigenvalue weighted by Crippen LogP contribution is 2.28. The second kappa shape index (κ2) is 7.02. The zero-order valence-electron chi connectivity index (χ0n) is 12.6. The number of ether oxygens (including phenoxy) is 1. The van der Waals surface area contributed by atoms with Crippen LogP contribution in [0.4, 0.5) is 0 Å². The first-order valence-electron chi connectivity index (χ1n) is 7.52. The van der Waals surface area contributed by atoms with E-state index in [2.05, 4.69) is 4.90 Å². The highest BCUT2D eigenvalue weighted by Gasteiger charge is 2.32. The van der Waals surface area contributed by atoms with E-state index in [0.717, 1.165) is 11.1 Å². The summed E-state index contributed by atoms with van der Waals surface area (Å²) in [5, 5.41) is 9.46. The van der Waals surface area contributed by atoms with Gasteiger partial charge in [0.05, 0.1) is 10.9 Å². The average molecular weight is 332 g/mol. The topological polar surface area (TPSA) is 49.8 Å². The van der Waals surface area contributed by atoms with Crippen molar-refractivity contribution in [1.29, 1.82) is 0 Å². The molecular weight excluding hydrogens is 314 g/mol. The lowest BCUT2D eigenvalue weighted by atomic mass is 9.99. The third-order valence-corrected chi connectivity index (χ3v) is 4.24. The molecule has 0 atom stereocenters. The summed E-state index contributed by atoms with van der Waals surface area (Å²) in [7, 11) is 0. The Morgan fingerprint density at radius 1 is 1.17 bits per heavy atom. The smallest absolute Gasteiger partial charge is 0.309 e. The Hall–Kier alpha value is -2.04. The van der Waals surface area contributed by atoms with Gasteiger partial charge in [-0.3, -0.25) is 9.69 Å². The summed E-state index contributed by atoms with van der Waals surface area (Å²) in [6, 6.07) is 15.7. The molecule has 5 heteroatoms. The van der Waals surface area contributed by atoms with Gasteiger partial charge in [-0.25, -0.2) is 0 Å². The van der Waals surface area contributed by atoms with Gasteiger partial charge in [0.15, 0.2) is 0 Å². The quantitative estimate of drug-likeness (QED) is 0.881. The van der Waals surface area contributed by atoms with E-state index in [1.54, 1.807) is 0 Å². The van der Waals surface area contributed by atoms with E-state index in [4.69, 9.17) is 21.4 Å². The largest absolute Gasteiger partial charge is 0.487 e. The summed E-state index contributed by atoms with van der Waals surface area (Å²) in [6.07, 6.45) is 0. The van der Waals surface area contributed by atoms with E-state index >= 15 is 0 Å². The Morgan fingerprint density at radius 2 is 1.91 bits per heavy atom. The van der Waals surface area contributed by atoms with Crippen LogP contribution >= 0.6 is 11.6 Å². The summed E-state index contributed by atoms with van der Waals surface area (Å²) >= 11 is 6.28. The number of carboxylic acid groups (broad SMARTS) is 1. The van der Waals surface area contributed by atoms with Crippen LogP contribution in [0.5, 0.6) is 5.75 Å². The van der Waals surface area contributed by atoms with Crippen molar-refractivity contribution in [3.63, 3.8) is 0 Å². The fourth-order valence-corrected chi connectivity index (χ4v) is 2.87. The van der Waals surface area contributed by atoms with Gasteiger partial charge in [-0.2, -0.15) is 0 Å². The molecule has 1 fully saturated rings. The van der Waals surface area contributed by atoms with Crippen molar-refractivity contribution >= 4 is 17.6 Å². The van der Waals surface area contributed by atoms with Gasteiger partial charge >= 0.3 is 5.97 Å². The minimum atomic E-state index is -0.719. The van der Waals surface area contributed by atoms with Crippen molar-refractivity contribution in [1.82, 2.24) is 4.90 Å². The summed E-state index contributed by atoms with van der Waals surface area (Å²) in [6.45, 7) is 2.38. The molecule has 0 saturated carbocycles. The van der Waals surface area contributed by atoms with E-state index in [1.807, 2.05) is 48.5 Å². The number of nitrogens with zero attached hydrogens (tertiary/aromatic N) is 1. The fraction of sp³-hybridized carbons (Fsp3) is 0.278. The van der Waals surface area contributed by atoms with Gasteiger partial charge in [-0.15, -0.1) is 0 Å². The van der Waals surface area contributed by atoms with Crippen LogP contribution < -0.4 is 4.74 Å². The number of halogens is 1. The monoisotopic (exact) mass is 331 g/mol. The highest BCUT2D eigenvalue weighted by atomic mass is 35.5. The van der Waals surface area contributed by atoms with Gasteiger partial charge in [0.2, 0.25) is 0 Å². The highest BCUT2D eigenvalue weighted by molar-refractivity contribution is 6.32. The normalized spacial score (nSPS) is 15.2. The van der Waals surface area contributed by atoms with E-state index in [9.17, 15) is 4.79 Å². The van der Waals surface area contributed by atoms with E-state index in [1.165, 1.54) is 0 Å². The minimum absolute atomic E-state index is 0.237. The summed E-state index contributed by atoms with van der Waals surface area (Å²) in [4.78, 5) is 12.9. The van der Waals surface area contributed by atoms with Crippen molar-refractivity contribution in [2.45, 2.75) is 13.2 Å². The van der Waals surface area contributed by atoms with Crippen molar-refractivity contribution in [2.24, 2.45) is 5.92 Å². The number of benzene rings is 2. The van der Waals surface area contributed by atoms with Crippen LogP contribution in [0.2, 0.25) is 5.02 Å². The summed E-state index contributed by atoms with van der Waals surface area (Å²) < 4.78 is 5.75. The molecule has 0 amide bonds. The molecule has 23 heavy (non-hydrogen) atoms. The number of hydrogen-bond acceptors (Lipinski definition) is 3. The van der Waals surface area contributed by atoms with Gasteiger partial charge < -0.3 is 9.84 Å². The Morgan fingerprint density at radius 3 is 2.57 bits per heavy atom. The number of carboxylic acids is 1. The van der Waals surface area contributed by atoms with Gasteiger partial charge in [0.1, 0.15) is 12.4 Å². The molecule has 0 bridgehead atoms. The van der Waals surface area contributed by atoms with Gasteiger partial charge in [0.25, 0.3) is 0 Å². The Balaban J connectivity index is 1.55. The SMILES string of the molecule is O=C(O)C1CN(Cc2ccc(OCc3ccccc3)c(Cl)c2)C1. The molecule has 2 aromatic carbocycles. The van der Waals surface area contributed by atoms with Crippen LogP contribution in [0.15, 0.2) is 48.5 Å². The van der Waals surface area contributed by atoms with Gasteiger partial charge in [-0.05, 0) is 23.3 Å². The first-order chi connectivity index (χ1) is 11.1. The molecule has 1 aliphatic rings. The van der Waals surface area contributed by atoms with Crippen LogP contribution in [-0.4, -0.2) is 29.1 Å². The first-order valence-corrected chi connectivity index (χ1v) is 7.90. The number of hydrogen-bond donors (Lipinski definition) is 1. The van der Waals surface area contributed by atoms with Gasteiger partial charge in [0, 0.05) is 19.6 Å². The molecule has 0 aromatic heterocycles. The van der Waals surface area contributed by atoms with Crippen LogP contribution in [0, 0.1) is 5.92 Å². The van der Waals surface area contributed by atoms with Crippen LogP contribution in [0.1, 0.15) is 11.1 Å². The maximum absolute atomic E-state index is 10.8. The van der Waals surface area contributed by atoms with Crippen molar-refractivity contribution in [2.75, 3.05) is 13.1 Å².